The van der Waals surface area contributed by atoms with E-state index in [-0.39, 0.29) is 18.1 Å². The third kappa shape index (κ3) is 7.31. The minimum absolute atomic E-state index is 0.156. The Kier molecular flexibility index (Phi) is 7.56. The molecule has 0 aliphatic rings. The molecule has 2 heterocycles. The minimum Gasteiger partial charge on any atom is -0.402 e. The molecule has 0 aromatic carbocycles. The number of amides is 1. The third-order valence-corrected chi connectivity index (χ3v) is 4.28. The second-order valence-corrected chi connectivity index (χ2v) is 6.72. The Labute approximate surface area is 156 Å². The van der Waals surface area contributed by atoms with Gasteiger partial charge in [-0.15, -0.1) is 10.2 Å². The van der Waals surface area contributed by atoms with Crippen molar-refractivity contribution >= 4 is 22.4 Å². The lowest BCUT2D eigenvalue weighted by Crippen LogP contribution is -2.14. The van der Waals surface area contributed by atoms with Gasteiger partial charge in [0.1, 0.15) is 5.01 Å². The molecule has 0 spiro atoms. The first-order valence-electron chi connectivity index (χ1n) is 8.22. The van der Waals surface area contributed by atoms with Crippen LogP contribution in [0.1, 0.15) is 30.0 Å². The smallest absolute Gasteiger partial charge is 0.232 e. The van der Waals surface area contributed by atoms with Gasteiger partial charge in [0, 0.05) is 24.0 Å². The summed E-state index contributed by atoms with van der Waals surface area (Å²) in [5, 5.41) is 12.2. The highest BCUT2D eigenvalue weighted by Crippen LogP contribution is 2.18. The summed E-state index contributed by atoms with van der Waals surface area (Å²) in [5.41, 5.74) is 18.0. The number of hydrogen-bond acceptors (Lipinski definition) is 8. The second-order valence-electron chi connectivity index (χ2n) is 5.66. The topological polar surface area (TPSA) is 146 Å². The number of nitrogens with zero attached hydrogens (tertiary/aromatic N) is 3. The van der Waals surface area contributed by atoms with Crippen LogP contribution in [0.2, 0.25) is 0 Å². The zero-order valence-corrected chi connectivity index (χ0v) is 15.2. The summed E-state index contributed by atoms with van der Waals surface area (Å²) < 4.78 is 0. The fourth-order valence-electron chi connectivity index (χ4n) is 2.13. The van der Waals surface area contributed by atoms with Crippen molar-refractivity contribution in [3.05, 3.63) is 58.8 Å². The van der Waals surface area contributed by atoms with Gasteiger partial charge < -0.3 is 22.5 Å². The van der Waals surface area contributed by atoms with E-state index in [1.807, 2.05) is 18.2 Å². The quantitative estimate of drug-likeness (QED) is 0.384. The number of aromatic nitrogens is 3. The number of nitrogens with one attached hydrogen (secondary N) is 1. The predicted molar refractivity (Wildman–Crippen MR) is 103 cm³/mol. The Morgan fingerprint density at radius 2 is 2.00 bits per heavy atom. The van der Waals surface area contributed by atoms with Gasteiger partial charge in [-0.1, -0.05) is 17.4 Å². The second kappa shape index (κ2) is 10.1. The van der Waals surface area contributed by atoms with Crippen molar-refractivity contribution in [1.29, 1.82) is 0 Å². The molecule has 0 atom stereocenters. The Balaban J connectivity index is 1.71. The molecule has 0 bridgehead atoms. The van der Waals surface area contributed by atoms with Crippen molar-refractivity contribution in [3.8, 4) is 0 Å². The molecule has 0 fully saturated rings. The number of hydrogen-bond donors (Lipinski definition) is 4. The molecule has 26 heavy (non-hydrogen) atoms. The molecular weight excluding hydrogens is 350 g/mol. The van der Waals surface area contributed by atoms with Crippen LogP contribution < -0.4 is 22.5 Å². The fraction of sp³-hybridized carbons (Fsp3) is 0.294. The van der Waals surface area contributed by atoms with Gasteiger partial charge in [-0.2, -0.15) is 0 Å². The van der Waals surface area contributed by atoms with Crippen LogP contribution in [0.3, 0.4) is 0 Å². The van der Waals surface area contributed by atoms with Gasteiger partial charge in [0.15, 0.2) is 0 Å². The summed E-state index contributed by atoms with van der Waals surface area (Å²) >= 11 is 1.38. The van der Waals surface area contributed by atoms with Crippen molar-refractivity contribution in [1.82, 2.24) is 15.2 Å². The van der Waals surface area contributed by atoms with E-state index < -0.39 is 0 Å². The lowest BCUT2D eigenvalue weighted by molar-refractivity contribution is -0.115. The van der Waals surface area contributed by atoms with Gasteiger partial charge in [0.2, 0.25) is 11.0 Å². The Hall–Kier alpha value is -2.94. The van der Waals surface area contributed by atoms with Crippen LogP contribution in [-0.4, -0.2) is 21.1 Å². The van der Waals surface area contributed by atoms with Gasteiger partial charge in [-0.25, -0.2) is 0 Å². The first-order chi connectivity index (χ1) is 12.5. The van der Waals surface area contributed by atoms with E-state index in [1.54, 1.807) is 18.3 Å². The molecule has 2 aromatic rings. The summed E-state index contributed by atoms with van der Waals surface area (Å²) in [5.74, 6) is 0.0796. The monoisotopic (exact) mass is 373 g/mol. The minimum atomic E-state index is -0.156. The van der Waals surface area contributed by atoms with Gasteiger partial charge >= 0.3 is 0 Å². The Morgan fingerprint density at radius 3 is 2.73 bits per heavy atom. The van der Waals surface area contributed by atoms with E-state index in [1.165, 1.54) is 11.3 Å². The Morgan fingerprint density at radius 1 is 1.15 bits per heavy atom. The standard InChI is InChI=1S/C17H23N7OS/c18-12(8-9-14(19)20)5-1-2-7-16-23-24-17(26-16)22-15(25)11-13-6-3-4-10-21-13/h3-4,6,8-10H,1-2,5,7,11,18-20H2,(H,22,24,25)/b12-8-. The molecule has 0 aliphatic heterocycles. The molecule has 0 saturated carbocycles. The van der Waals surface area contributed by atoms with Crippen molar-refractivity contribution in [2.75, 3.05) is 5.32 Å². The molecule has 138 valence electrons. The molecule has 9 heteroatoms. The zero-order valence-electron chi connectivity index (χ0n) is 14.4. The highest BCUT2D eigenvalue weighted by Gasteiger charge is 2.09. The van der Waals surface area contributed by atoms with E-state index in [4.69, 9.17) is 17.2 Å². The van der Waals surface area contributed by atoms with Gasteiger partial charge in [-0.3, -0.25) is 9.78 Å². The molecule has 0 radical (unpaired) electrons. The summed E-state index contributed by atoms with van der Waals surface area (Å²) in [7, 11) is 0. The van der Waals surface area contributed by atoms with Crippen molar-refractivity contribution < 1.29 is 4.79 Å². The van der Waals surface area contributed by atoms with Gasteiger partial charge in [-0.05, 0) is 43.5 Å². The third-order valence-electron chi connectivity index (χ3n) is 3.38. The van der Waals surface area contributed by atoms with E-state index in [0.717, 1.165) is 36.4 Å². The normalized spacial score (nSPS) is 11.2. The van der Waals surface area contributed by atoms with Crippen LogP contribution in [0, 0.1) is 0 Å². The van der Waals surface area contributed by atoms with Gasteiger partial charge in [0.25, 0.3) is 0 Å². The van der Waals surface area contributed by atoms with E-state index >= 15 is 0 Å². The molecule has 2 aromatic heterocycles. The number of pyridine rings is 1. The first-order valence-corrected chi connectivity index (χ1v) is 9.04. The largest absolute Gasteiger partial charge is 0.402 e. The number of carbonyl (C=O) groups excluding carboxylic acids is 1. The number of anilines is 1. The number of unbranched alkanes of at least 4 members (excludes halogenated alkanes) is 1. The number of allylic oxidation sites excluding steroid dienone is 3. The Bertz CT molecular complexity index is 766. The van der Waals surface area contributed by atoms with Crippen LogP contribution in [0.15, 0.2) is 48.1 Å². The molecule has 7 N–H and O–H groups in total. The molecule has 1 amide bonds. The van der Waals surface area contributed by atoms with E-state index in [0.29, 0.717) is 10.8 Å². The van der Waals surface area contributed by atoms with E-state index in [2.05, 4.69) is 20.5 Å². The average Bonchev–Trinajstić information content (AvgIpc) is 3.05. The van der Waals surface area contributed by atoms with Crippen LogP contribution in [-0.2, 0) is 17.6 Å². The maximum absolute atomic E-state index is 12.0. The fourth-order valence-corrected chi connectivity index (χ4v) is 2.93. The maximum Gasteiger partial charge on any atom is 0.232 e. The zero-order chi connectivity index (χ0) is 18.8. The highest BCUT2D eigenvalue weighted by molar-refractivity contribution is 7.15. The number of carbonyl (C=O) groups is 1. The maximum atomic E-state index is 12.0. The first kappa shape index (κ1) is 19.4. The molecule has 0 unspecified atom stereocenters. The lowest BCUT2D eigenvalue weighted by Gasteiger charge is -2.00. The van der Waals surface area contributed by atoms with E-state index in [9.17, 15) is 4.79 Å². The molecule has 2 rings (SSSR count). The van der Waals surface area contributed by atoms with Crippen LogP contribution >= 0.6 is 11.3 Å². The number of aryl methyl sites for hydroxylation is 1. The average molecular weight is 373 g/mol. The predicted octanol–water partition coefficient (Wildman–Crippen LogP) is 1.43. The van der Waals surface area contributed by atoms with Crippen LogP contribution in [0.4, 0.5) is 5.13 Å². The summed E-state index contributed by atoms with van der Waals surface area (Å²) in [4.78, 5) is 16.1. The number of nitrogens with two attached hydrogens (primary N) is 3. The van der Waals surface area contributed by atoms with Crippen molar-refractivity contribution in [3.63, 3.8) is 0 Å². The van der Waals surface area contributed by atoms with Crippen LogP contribution in [0.5, 0.6) is 0 Å². The SMILES string of the molecule is NC(N)=C/C=C(\N)CCCCc1nnc(NC(=O)Cc2ccccn2)s1. The summed E-state index contributed by atoms with van der Waals surface area (Å²) in [6.07, 6.45) is 8.56. The highest BCUT2D eigenvalue weighted by atomic mass is 32.1. The van der Waals surface area contributed by atoms with Crippen molar-refractivity contribution in [2.24, 2.45) is 17.2 Å². The molecule has 0 saturated heterocycles. The number of rotatable bonds is 9. The molecule has 8 nitrogen and oxygen atoms in total. The molecule has 0 aliphatic carbocycles. The van der Waals surface area contributed by atoms with Crippen LogP contribution in [0.25, 0.3) is 0 Å². The molecular formula is C17H23N7OS. The van der Waals surface area contributed by atoms with Crippen molar-refractivity contribution in [2.45, 2.75) is 32.1 Å². The lowest BCUT2D eigenvalue weighted by atomic mass is 10.1. The van der Waals surface area contributed by atoms with Gasteiger partial charge in [0.05, 0.1) is 12.2 Å². The summed E-state index contributed by atoms with van der Waals surface area (Å²) in [6, 6.07) is 5.47. The summed E-state index contributed by atoms with van der Waals surface area (Å²) in [6.45, 7) is 0.